The van der Waals surface area contributed by atoms with Crippen LogP contribution in [0.1, 0.15) is 12.8 Å². The molecule has 0 aromatic heterocycles. The first kappa shape index (κ1) is 15.1. The van der Waals surface area contributed by atoms with Crippen molar-refractivity contribution in [2.24, 2.45) is 0 Å². The molecule has 1 aromatic rings. The maximum atomic E-state index is 12.4. The molecule has 1 unspecified atom stereocenters. The van der Waals surface area contributed by atoms with E-state index < -0.39 is 39.3 Å². The Balaban J connectivity index is 1.90. The van der Waals surface area contributed by atoms with Crippen LogP contribution in [-0.2, 0) is 14.8 Å². The van der Waals surface area contributed by atoms with Crippen LogP contribution in [0.15, 0.2) is 23.1 Å². The summed E-state index contributed by atoms with van der Waals surface area (Å²) in [5.74, 6) is -1.15. The summed E-state index contributed by atoms with van der Waals surface area (Å²) in [4.78, 5) is 22.5. The number of halogens is 1. The van der Waals surface area contributed by atoms with Gasteiger partial charge in [0.15, 0.2) is 5.75 Å². The molecular weight excluding hydrogens is 334 g/mol. The lowest BCUT2D eigenvalue weighted by Crippen LogP contribution is -2.53. The average Bonchev–Trinajstić information content (AvgIpc) is 3.09. The normalized spacial score (nSPS) is 23.0. The third-order valence-electron chi connectivity index (χ3n) is 3.69. The van der Waals surface area contributed by atoms with E-state index in [2.05, 4.69) is 15.4 Å². The number of sulfonamides is 1. The summed E-state index contributed by atoms with van der Waals surface area (Å²) >= 11 is 5.71. The van der Waals surface area contributed by atoms with Crippen molar-refractivity contribution in [1.29, 1.82) is 0 Å². The average molecular weight is 346 g/mol. The number of phenols is 1. The van der Waals surface area contributed by atoms with E-state index in [0.717, 1.165) is 0 Å². The number of urea groups is 1. The van der Waals surface area contributed by atoms with Gasteiger partial charge in [-0.3, -0.25) is 10.1 Å². The first-order chi connectivity index (χ1) is 10.3. The second kappa shape index (κ2) is 4.83. The molecule has 1 heterocycles. The molecule has 4 N–H and O–H groups in total. The van der Waals surface area contributed by atoms with Gasteiger partial charge in [-0.2, -0.15) is 0 Å². The summed E-state index contributed by atoms with van der Waals surface area (Å²) in [6.45, 7) is 0. The highest BCUT2D eigenvalue weighted by Crippen LogP contribution is 2.42. The number of hydrogen-bond acceptors (Lipinski definition) is 5. The maximum Gasteiger partial charge on any atom is 0.322 e. The van der Waals surface area contributed by atoms with Gasteiger partial charge in [0.25, 0.3) is 5.91 Å². The first-order valence-corrected chi connectivity index (χ1v) is 8.24. The zero-order valence-corrected chi connectivity index (χ0v) is 12.7. The monoisotopic (exact) mass is 345 g/mol. The highest BCUT2D eigenvalue weighted by molar-refractivity contribution is 7.89. The lowest BCUT2D eigenvalue weighted by atomic mass is 10.1. The molecule has 1 aromatic carbocycles. The van der Waals surface area contributed by atoms with Gasteiger partial charge >= 0.3 is 6.03 Å². The molecule has 1 saturated carbocycles. The van der Waals surface area contributed by atoms with Crippen LogP contribution in [0.4, 0.5) is 4.79 Å². The van der Waals surface area contributed by atoms with Crippen molar-refractivity contribution in [2.45, 2.75) is 29.3 Å². The number of para-hydroxylation sites is 1. The Hall–Kier alpha value is -1.84. The van der Waals surface area contributed by atoms with Gasteiger partial charge in [0.1, 0.15) is 10.9 Å². The minimum absolute atomic E-state index is 0.0976. The molecule has 1 aliphatic carbocycles. The lowest BCUT2D eigenvalue weighted by Gasteiger charge is -2.22. The van der Waals surface area contributed by atoms with Gasteiger partial charge in [-0.15, -0.1) is 0 Å². The molecule has 118 valence electrons. The molecule has 1 aliphatic heterocycles. The van der Waals surface area contributed by atoms with Crippen LogP contribution in [0, 0.1) is 0 Å². The largest absolute Gasteiger partial charge is 0.505 e. The fraction of sp³-hybridized carbons (Fsp3) is 0.333. The molecule has 2 aliphatic rings. The molecule has 8 nitrogen and oxygen atoms in total. The molecule has 1 saturated heterocycles. The van der Waals surface area contributed by atoms with Crippen molar-refractivity contribution in [3.05, 3.63) is 23.2 Å². The third kappa shape index (κ3) is 2.40. The van der Waals surface area contributed by atoms with E-state index in [9.17, 15) is 23.1 Å². The Bertz CT molecular complexity index is 775. The lowest BCUT2D eigenvalue weighted by molar-refractivity contribution is -0.120. The van der Waals surface area contributed by atoms with E-state index in [1.54, 1.807) is 0 Å². The number of rotatable bonds is 4. The maximum absolute atomic E-state index is 12.4. The second-order valence-electron chi connectivity index (χ2n) is 5.24. The highest BCUT2D eigenvalue weighted by Gasteiger charge is 2.58. The number of hydrogen-bond donors (Lipinski definition) is 4. The second-order valence-corrected chi connectivity index (χ2v) is 7.30. The zero-order valence-electron chi connectivity index (χ0n) is 11.1. The minimum Gasteiger partial charge on any atom is -0.505 e. The number of carbonyl (C=O) groups is 2. The third-order valence-corrected chi connectivity index (χ3v) is 5.58. The number of nitrogens with one attached hydrogen (secondary N) is 3. The topological polar surface area (TPSA) is 125 Å². The van der Waals surface area contributed by atoms with Crippen molar-refractivity contribution >= 4 is 33.6 Å². The molecule has 0 spiro atoms. The Morgan fingerprint density at radius 2 is 2.00 bits per heavy atom. The first-order valence-electron chi connectivity index (χ1n) is 6.38. The molecule has 0 radical (unpaired) electrons. The van der Waals surface area contributed by atoms with E-state index in [4.69, 9.17) is 11.6 Å². The minimum atomic E-state index is -4.10. The highest BCUT2D eigenvalue weighted by atomic mass is 35.5. The van der Waals surface area contributed by atoms with Gasteiger partial charge in [-0.05, 0) is 25.0 Å². The van der Waals surface area contributed by atoms with Gasteiger partial charge in [-0.25, -0.2) is 17.9 Å². The quantitative estimate of drug-likeness (QED) is 0.574. The Morgan fingerprint density at radius 1 is 1.32 bits per heavy atom. The van der Waals surface area contributed by atoms with E-state index in [1.807, 2.05) is 0 Å². The molecule has 10 heteroatoms. The van der Waals surface area contributed by atoms with Crippen molar-refractivity contribution in [2.75, 3.05) is 0 Å². The van der Waals surface area contributed by atoms with E-state index in [1.165, 1.54) is 18.2 Å². The number of carbonyl (C=O) groups excluding carboxylic acids is 2. The number of benzene rings is 1. The summed E-state index contributed by atoms with van der Waals surface area (Å²) in [5, 5.41) is 14.2. The molecular formula is C12H12ClN3O5S. The van der Waals surface area contributed by atoms with Crippen LogP contribution in [0.2, 0.25) is 5.02 Å². The molecule has 2 fully saturated rings. The Kier molecular flexibility index (Phi) is 3.31. The zero-order chi connectivity index (χ0) is 16.1. The smallest absolute Gasteiger partial charge is 0.322 e. The fourth-order valence-corrected chi connectivity index (χ4v) is 4.25. The van der Waals surface area contributed by atoms with Crippen molar-refractivity contribution < 1.29 is 23.1 Å². The predicted molar refractivity (Wildman–Crippen MR) is 75.9 cm³/mol. The molecule has 1 atom stereocenters. The van der Waals surface area contributed by atoms with E-state index >= 15 is 0 Å². The summed E-state index contributed by atoms with van der Waals surface area (Å²) in [6, 6.07) is 2.31. The molecule has 0 bridgehead atoms. The summed E-state index contributed by atoms with van der Waals surface area (Å²) < 4.78 is 27.3. The van der Waals surface area contributed by atoms with Gasteiger partial charge < -0.3 is 10.4 Å². The van der Waals surface area contributed by atoms with Crippen LogP contribution in [0.3, 0.4) is 0 Å². The number of imide groups is 1. The van der Waals surface area contributed by atoms with Crippen LogP contribution >= 0.6 is 11.6 Å². The Morgan fingerprint density at radius 3 is 2.55 bits per heavy atom. The van der Waals surface area contributed by atoms with Gasteiger partial charge in [-0.1, -0.05) is 17.7 Å². The molecule has 3 amide bonds. The van der Waals surface area contributed by atoms with E-state index in [0.29, 0.717) is 12.8 Å². The SMILES string of the molecule is O=C1NC(=O)C(C2(NS(=O)(=O)c3cccc(Cl)c3O)CC2)N1. The standard InChI is InChI=1S/C12H12ClN3O5S/c13-6-2-1-3-7(8(6)17)22(20,21)16-12(4-5-12)9-10(18)15-11(19)14-9/h1-3,9,16-17H,4-5H2,(H2,14,15,18,19). The van der Waals surface area contributed by atoms with Crippen molar-refractivity contribution in [3.8, 4) is 5.75 Å². The number of amides is 3. The number of phenolic OH excluding ortho intramolecular Hbond substituents is 1. The fourth-order valence-electron chi connectivity index (χ4n) is 2.43. The Labute approximate surface area is 130 Å². The summed E-state index contributed by atoms with van der Waals surface area (Å²) in [7, 11) is -4.10. The summed E-state index contributed by atoms with van der Waals surface area (Å²) in [5.41, 5.74) is -1.08. The van der Waals surface area contributed by atoms with Crippen molar-refractivity contribution in [1.82, 2.24) is 15.4 Å². The van der Waals surface area contributed by atoms with Crippen LogP contribution in [-0.4, -0.2) is 37.0 Å². The van der Waals surface area contributed by atoms with Gasteiger partial charge in [0.2, 0.25) is 10.0 Å². The van der Waals surface area contributed by atoms with Gasteiger partial charge in [0.05, 0.1) is 10.6 Å². The molecule has 3 rings (SSSR count). The van der Waals surface area contributed by atoms with Crippen LogP contribution < -0.4 is 15.4 Å². The number of aromatic hydroxyl groups is 1. The summed E-state index contributed by atoms with van der Waals surface area (Å²) in [6.07, 6.45) is 0.790. The van der Waals surface area contributed by atoms with Gasteiger partial charge in [0, 0.05) is 0 Å². The van der Waals surface area contributed by atoms with Crippen molar-refractivity contribution in [3.63, 3.8) is 0 Å². The molecule has 22 heavy (non-hydrogen) atoms. The predicted octanol–water partition coefficient (Wildman–Crippen LogP) is 0.0645. The van der Waals surface area contributed by atoms with Crippen LogP contribution in [0.5, 0.6) is 5.75 Å². The van der Waals surface area contributed by atoms with Crippen LogP contribution in [0.25, 0.3) is 0 Å². The van der Waals surface area contributed by atoms with E-state index in [-0.39, 0.29) is 9.92 Å².